The Morgan fingerprint density at radius 2 is 1.07 bits per heavy atom. The topological polar surface area (TPSA) is 0 Å². The van der Waals surface area contributed by atoms with Gasteiger partial charge in [0.25, 0.3) is 0 Å². The van der Waals surface area contributed by atoms with E-state index in [9.17, 15) is 0 Å². The molecule has 0 amide bonds. The van der Waals surface area contributed by atoms with Gasteiger partial charge in [-0.3, -0.25) is 0 Å². The summed E-state index contributed by atoms with van der Waals surface area (Å²) >= 11 is 0. The molecule has 0 fully saturated rings. The predicted molar refractivity (Wildman–Crippen MR) is 132 cm³/mol. The molecule has 4 aromatic rings. The van der Waals surface area contributed by atoms with E-state index in [2.05, 4.69) is 117 Å². The first-order chi connectivity index (χ1) is 14.8. The average molecular weight is 407 g/mol. The van der Waals surface area contributed by atoms with E-state index in [1.807, 2.05) is 0 Å². The third kappa shape index (κ3) is 2.94. The van der Waals surface area contributed by atoms with Crippen LogP contribution in [0.2, 0.25) is 0 Å². The third-order valence-electron chi connectivity index (χ3n) is 6.75. The fourth-order valence-electron chi connectivity index (χ4n) is 5.20. The van der Waals surface area contributed by atoms with Crippen LogP contribution in [0.3, 0.4) is 0 Å². The number of hydrogen-bond donors (Lipinski definition) is 0. The summed E-state index contributed by atoms with van der Waals surface area (Å²) in [5.74, 6) is 0. The number of fused-ring (bicyclic) bond motifs is 3. The van der Waals surface area contributed by atoms with Gasteiger partial charge in [0, 0.05) is 5.41 Å². The fourth-order valence-corrected chi connectivity index (χ4v) is 7.51. The van der Waals surface area contributed by atoms with Crippen LogP contribution in [0, 0.1) is 0 Å². The highest BCUT2D eigenvalue weighted by atomic mass is 31.1. The van der Waals surface area contributed by atoms with Crippen molar-refractivity contribution in [3.8, 4) is 11.1 Å². The van der Waals surface area contributed by atoms with Gasteiger partial charge in [-0.05, 0) is 65.0 Å². The molecule has 0 radical (unpaired) electrons. The molecular weight excluding hydrogens is 379 g/mol. The standard InChI is InChI=1S/C29H27P/c1-3-29(4-2)27-18-12-11-17-25(27)26-20-19-24(21-28(26)29)30(22-13-7-5-8-14-22)23-15-9-6-10-16-23/h5-21H,3-4H2,1-2H3. The van der Waals surface area contributed by atoms with Crippen molar-refractivity contribution in [2.75, 3.05) is 0 Å². The van der Waals surface area contributed by atoms with E-state index in [1.165, 1.54) is 38.2 Å². The van der Waals surface area contributed by atoms with E-state index in [4.69, 9.17) is 0 Å². The van der Waals surface area contributed by atoms with Crippen molar-refractivity contribution in [2.45, 2.75) is 32.1 Å². The number of rotatable bonds is 5. The van der Waals surface area contributed by atoms with Crippen molar-refractivity contribution in [1.82, 2.24) is 0 Å². The third-order valence-corrected chi connectivity index (χ3v) is 9.17. The van der Waals surface area contributed by atoms with E-state index >= 15 is 0 Å². The Kier molecular flexibility index (Phi) is 5.05. The Hall–Kier alpha value is -2.69. The van der Waals surface area contributed by atoms with Crippen molar-refractivity contribution in [2.24, 2.45) is 0 Å². The van der Waals surface area contributed by atoms with Crippen LogP contribution in [0.4, 0.5) is 0 Å². The van der Waals surface area contributed by atoms with Gasteiger partial charge in [0.2, 0.25) is 0 Å². The predicted octanol–water partition coefficient (Wildman–Crippen LogP) is 6.53. The van der Waals surface area contributed by atoms with Gasteiger partial charge in [-0.1, -0.05) is 111 Å². The molecule has 1 heteroatoms. The highest BCUT2D eigenvalue weighted by Crippen LogP contribution is 2.52. The van der Waals surface area contributed by atoms with Gasteiger partial charge in [-0.15, -0.1) is 0 Å². The van der Waals surface area contributed by atoms with Crippen LogP contribution in [0.5, 0.6) is 0 Å². The van der Waals surface area contributed by atoms with Crippen LogP contribution in [0.15, 0.2) is 103 Å². The van der Waals surface area contributed by atoms with Crippen LogP contribution >= 0.6 is 7.92 Å². The molecule has 148 valence electrons. The molecule has 0 bridgehead atoms. The lowest BCUT2D eigenvalue weighted by Gasteiger charge is -2.30. The molecule has 1 aliphatic carbocycles. The quantitative estimate of drug-likeness (QED) is 0.331. The minimum absolute atomic E-state index is 0.121. The molecule has 4 aromatic carbocycles. The normalized spacial score (nSPS) is 13.8. The maximum Gasteiger partial charge on any atom is 0.0210 e. The molecular formula is C29H27P. The second-order valence-electron chi connectivity index (χ2n) is 8.07. The lowest BCUT2D eigenvalue weighted by molar-refractivity contribution is 0.491. The number of benzene rings is 4. The summed E-state index contributed by atoms with van der Waals surface area (Å²) in [5.41, 5.74) is 5.99. The minimum Gasteiger partial charge on any atom is -0.0642 e. The summed E-state index contributed by atoms with van der Waals surface area (Å²) in [6.45, 7) is 4.69. The van der Waals surface area contributed by atoms with Crippen molar-refractivity contribution >= 4 is 23.8 Å². The lowest BCUT2D eigenvalue weighted by atomic mass is 9.74. The molecule has 0 heterocycles. The lowest BCUT2D eigenvalue weighted by Crippen LogP contribution is -2.26. The molecule has 0 saturated heterocycles. The maximum absolute atomic E-state index is 2.54. The molecule has 0 aromatic heterocycles. The highest BCUT2D eigenvalue weighted by molar-refractivity contribution is 7.79. The molecule has 0 unspecified atom stereocenters. The van der Waals surface area contributed by atoms with Gasteiger partial charge in [0.1, 0.15) is 0 Å². The molecule has 0 atom stereocenters. The van der Waals surface area contributed by atoms with Gasteiger partial charge in [0.05, 0.1) is 0 Å². The Morgan fingerprint density at radius 1 is 0.533 bits per heavy atom. The van der Waals surface area contributed by atoms with Gasteiger partial charge >= 0.3 is 0 Å². The van der Waals surface area contributed by atoms with Crippen molar-refractivity contribution in [3.63, 3.8) is 0 Å². The van der Waals surface area contributed by atoms with Gasteiger partial charge in [-0.25, -0.2) is 0 Å². The molecule has 5 rings (SSSR count). The molecule has 0 spiro atoms. The van der Waals surface area contributed by atoms with Crippen molar-refractivity contribution < 1.29 is 0 Å². The van der Waals surface area contributed by atoms with E-state index in [0.717, 1.165) is 12.8 Å². The molecule has 30 heavy (non-hydrogen) atoms. The minimum atomic E-state index is -0.580. The average Bonchev–Trinajstić information content (AvgIpc) is 3.10. The van der Waals surface area contributed by atoms with Crippen LogP contribution in [0.1, 0.15) is 37.8 Å². The Balaban J connectivity index is 1.73. The largest absolute Gasteiger partial charge is 0.0642 e. The van der Waals surface area contributed by atoms with Crippen LogP contribution in [-0.2, 0) is 5.41 Å². The second-order valence-corrected chi connectivity index (χ2v) is 10.3. The fraction of sp³-hybridized carbons (Fsp3) is 0.172. The second kappa shape index (κ2) is 7.86. The first-order valence-electron chi connectivity index (χ1n) is 10.9. The Bertz CT molecular complexity index is 1120. The monoisotopic (exact) mass is 406 g/mol. The van der Waals surface area contributed by atoms with Gasteiger partial charge in [0.15, 0.2) is 0 Å². The molecule has 1 aliphatic rings. The Labute approximate surface area is 181 Å². The van der Waals surface area contributed by atoms with Crippen molar-refractivity contribution in [1.29, 1.82) is 0 Å². The molecule has 0 nitrogen and oxygen atoms in total. The Morgan fingerprint density at radius 3 is 1.67 bits per heavy atom. The van der Waals surface area contributed by atoms with Gasteiger partial charge in [-0.2, -0.15) is 0 Å². The SMILES string of the molecule is CCC1(CC)c2ccccc2-c2ccc(P(c3ccccc3)c3ccccc3)cc21. The summed E-state index contributed by atoms with van der Waals surface area (Å²) in [7, 11) is -0.580. The van der Waals surface area contributed by atoms with Gasteiger partial charge < -0.3 is 0 Å². The summed E-state index contributed by atoms with van der Waals surface area (Å²) in [6.07, 6.45) is 2.26. The van der Waals surface area contributed by atoms with E-state index in [0.29, 0.717) is 0 Å². The van der Waals surface area contributed by atoms with E-state index < -0.39 is 7.92 Å². The smallest absolute Gasteiger partial charge is 0.0210 e. The highest BCUT2D eigenvalue weighted by Gasteiger charge is 2.40. The zero-order valence-corrected chi connectivity index (χ0v) is 18.6. The number of hydrogen-bond acceptors (Lipinski definition) is 0. The van der Waals surface area contributed by atoms with Crippen LogP contribution in [0.25, 0.3) is 11.1 Å². The summed E-state index contributed by atoms with van der Waals surface area (Å²) in [4.78, 5) is 0. The van der Waals surface area contributed by atoms with Crippen LogP contribution < -0.4 is 15.9 Å². The first kappa shape index (κ1) is 19.3. The molecule has 0 saturated carbocycles. The van der Waals surface area contributed by atoms with Crippen LogP contribution in [-0.4, -0.2) is 0 Å². The molecule has 0 aliphatic heterocycles. The van der Waals surface area contributed by atoms with Crippen molar-refractivity contribution in [3.05, 3.63) is 114 Å². The first-order valence-corrected chi connectivity index (χ1v) is 12.3. The summed E-state index contributed by atoms with van der Waals surface area (Å²) < 4.78 is 0. The summed E-state index contributed by atoms with van der Waals surface area (Å²) in [6, 6.07) is 38.4. The molecule has 0 N–H and O–H groups in total. The van der Waals surface area contributed by atoms with E-state index in [1.54, 1.807) is 0 Å². The zero-order chi connectivity index (χ0) is 20.6. The maximum atomic E-state index is 2.54. The van der Waals surface area contributed by atoms with E-state index in [-0.39, 0.29) is 5.41 Å². The zero-order valence-electron chi connectivity index (χ0n) is 17.7. The summed E-state index contributed by atoms with van der Waals surface area (Å²) in [5, 5.41) is 4.26.